The molecule has 1 aliphatic heterocycles. The molecule has 0 spiro atoms. The van der Waals surface area contributed by atoms with Crippen molar-refractivity contribution < 1.29 is 12.8 Å². The maximum absolute atomic E-state index is 13.0. The third-order valence-corrected chi connectivity index (χ3v) is 6.61. The highest BCUT2D eigenvalue weighted by Gasteiger charge is 2.28. The number of rotatable bonds is 5. The van der Waals surface area contributed by atoms with Crippen LogP contribution in [0.5, 0.6) is 0 Å². The van der Waals surface area contributed by atoms with Crippen molar-refractivity contribution in [1.29, 1.82) is 0 Å². The summed E-state index contributed by atoms with van der Waals surface area (Å²) in [5.41, 5.74) is 0. The van der Waals surface area contributed by atoms with Crippen LogP contribution in [-0.4, -0.2) is 58.1 Å². The summed E-state index contributed by atoms with van der Waals surface area (Å²) in [5.74, 6) is -0.452. The molecule has 2 heterocycles. The maximum Gasteiger partial charge on any atom is 0.243 e. The average molecular weight is 385 g/mol. The minimum absolute atomic E-state index is 0.117. The molecule has 0 N–H and O–H groups in total. The first-order valence-corrected chi connectivity index (χ1v) is 9.87. The van der Waals surface area contributed by atoms with Gasteiger partial charge in [0.1, 0.15) is 12.1 Å². The predicted octanol–water partition coefficient (Wildman–Crippen LogP) is 1.54. The second-order valence-corrected chi connectivity index (χ2v) is 8.12. The second-order valence-electron chi connectivity index (χ2n) is 5.82. The number of halogens is 1. The summed E-state index contributed by atoms with van der Waals surface area (Å²) in [6.07, 6.45) is 1.71. The van der Waals surface area contributed by atoms with Gasteiger partial charge >= 0.3 is 0 Å². The molecular weight excluding hydrogens is 365 g/mol. The Labute approximate surface area is 151 Å². The zero-order valence-electron chi connectivity index (χ0n) is 13.9. The van der Waals surface area contributed by atoms with Gasteiger partial charge in [0, 0.05) is 32.7 Å². The second kappa shape index (κ2) is 7.32. The van der Waals surface area contributed by atoms with Gasteiger partial charge in [-0.1, -0.05) is 0 Å². The number of hydrogen-bond donors (Lipinski definition) is 0. The third kappa shape index (κ3) is 3.81. The molecule has 0 atom stereocenters. The Morgan fingerprint density at radius 3 is 2.36 bits per heavy atom. The van der Waals surface area contributed by atoms with Crippen LogP contribution in [0.1, 0.15) is 6.92 Å². The molecule has 0 aliphatic carbocycles. The van der Waals surface area contributed by atoms with Gasteiger partial charge in [-0.15, -0.1) is 0 Å². The predicted molar refractivity (Wildman–Crippen MR) is 93.5 cm³/mol. The van der Waals surface area contributed by atoms with Crippen molar-refractivity contribution >= 4 is 22.2 Å². The molecule has 0 amide bonds. The molecule has 7 nitrogen and oxygen atoms in total. The van der Waals surface area contributed by atoms with Crippen LogP contribution in [0.15, 0.2) is 35.5 Å². The molecule has 1 aliphatic rings. The molecule has 10 heteroatoms. The summed E-state index contributed by atoms with van der Waals surface area (Å²) in [6.45, 7) is 5.23. The molecule has 25 heavy (non-hydrogen) atoms. The smallest absolute Gasteiger partial charge is 0.243 e. The summed E-state index contributed by atoms with van der Waals surface area (Å²) in [7, 11) is -3.59. The van der Waals surface area contributed by atoms with Crippen molar-refractivity contribution in [1.82, 2.24) is 23.6 Å². The van der Waals surface area contributed by atoms with E-state index >= 15 is 0 Å². The van der Waals surface area contributed by atoms with Crippen molar-refractivity contribution in [2.45, 2.75) is 25.0 Å². The number of aromatic nitrogens is 3. The van der Waals surface area contributed by atoms with Crippen LogP contribution in [0.25, 0.3) is 0 Å². The highest BCUT2D eigenvalue weighted by Crippen LogP contribution is 2.18. The molecule has 1 aromatic heterocycles. The first-order valence-electron chi connectivity index (χ1n) is 8.02. The van der Waals surface area contributed by atoms with Gasteiger partial charge < -0.3 is 4.57 Å². The van der Waals surface area contributed by atoms with Crippen molar-refractivity contribution in [2.24, 2.45) is 0 Å². The van der Waals surface area contributed by atoms with Crippen LogP contribution < -0.4 is 0 Å². The third-order valence-electron chi connectivity index (χ3n) is 4.25. The molecule has 1 aromatic carbocycles. The van der Waals surface area contributed by atoms with Crippen LogP contribution in [0, 0.1) is 10.6 Å². The van der Waals surface area contributed by atoms with Crippen molar-refractivity contribution in [3.05, 3.63) is 41.2 Å². The van der Waals surface area contributed by atoms with Gasteiger partial charge in [0.25, 0.3) is 0 Å². The van der Waals surface area contributed by atoms with Crippen LogP contribution >= 0.6 is 12.2 Å². The van der Waals surface area contributed by atoms with E-state index in [9.17, 15) is 12.8 Å². The molecule has 0 unspecified atom stereocenters. The normalized spacial score (nSPS) is 17.0. The van der Waals surface area contributed by atoms with E-state index in [0.29, 0.717) is 37.6 Å². The van der Waals surface area contributed by atoms with Gasteiger partial charge in [-0.3, -0.25) is 4.90 Å². The summed E-state index contributed by atoms with van der Waals surface area (Å²) in [6, 6.07) is 4.92. The lowest BCUT2D eigenvalue weighted by Gasteiger charge is -2.33. The van der Waals surface area contributed by atoms with Crippen molar-refractivity contribution in [3.8, 4) is 0 Å². The monoisotopic (exact) mass is 385 g/mol. The summed E-state index contributed by atoms with van der Waals surface area (Å²) < 4.78 is 43.9. The standard InChI is InChI=1S/C15H20FN5O2S2/c1-2-19-11-17-21(15(19)24)12-18-7-9-20(10-8-18)25(22,23)14-5-3-13(16)4-6-14/h3-6,11H,2,7-10,12H2,1H3. The Balaban J connectivity index is 1.64. The molecule has 3 rings (SSSR count). The number of benzene rings is 1. The average Bonchev–Trinajstić information content (AvgIpc) is 2.96. The molecule has 1 fully saturated rings. The zero-order valence-corrected chi connectivity index (χ0v) is 15.5. The van der Waals surface area contributed by atoms with E-state index < -0.39 is 15.8 Å². The number of nitrogens with zero attached hydrogens (tertiary/aromatic N) is 5. The minimum Gasteiger partial charge on any atom is -0.307 e. The number of aryl methyl sites for hydroxylation is 1. The lowest BCUT2D eigenvalue weighted by Crippen LogP contribution is -2.48. The lowest BCUT2D eigenvalue weighted by molar-refractivity contribution is 0.144. The van der Waals surface area contributed by atoms with Crippen LogP contribution in [-0.2, 0) is 23.2 Å². The molecule has 0 bridgehead atoms. The molecule has 0 radical (unpaired) electrons. The Morgan fingerprint density at radius 2 is 1.80 bits per heavy atom. The first kappa shape index (κ1) is 18.2. The molecule has 1 saturated heterocycles. The van der Waals surface area contributed by atoms with E-state index in [1.165, 1.54) is 16.4 Å². The van der Waals surface area contributed by atoms with E-state index in [0.717, 1.165) is 18.7 Å². The number of sulfonamides is 1. The molecule has 2 aromatic rings. The van der Waals surface area contributed by atoms with Crippen LogP contribution in [0.3, 0.4) is 0 Å². The van der Waals surface area contributed by atoms with E-state index in [-0.39, 0.29) is 4.90 Å². The fourth-order valence-electron chi connectivity index (χ4n) is 2.74. The van der Waals surface area contributed by atoms with Crippen LogP contribution in [0.2, 0.25) is 0 Å². The summed E-state index contributed by atoms with van der Waals surface area (Å²) >= 11 is 5.35. The van der Waals surface area contributed by atoms with Gasteiger partial charge in [-0.25, -0.2) is 17.5 Å². The van der Waals surface area contributed by atoms with E-state index in [2.05, 4.69) is 10.00 Å². The Bertz CT molecular complexity index is 883. The van der Waals surface area contributed by atoms with Gasteiger partial charge in [0.15, 0.2) is 4.77 Å². The van der Waals surface area contributed by atoms with Gasteiger partial charge in [0.2, 0.25) is 10.0 Å². The van der Waals surface area contributed by atoms with Crippen molar-refractivity contribution in [2.75, 3.05) is 26.2 Å². The zero-order chi connectivity index (χ0) is 18.0. The van der Waals surface area contributed by atoms with Gasteiger partial charge in [-0.2, -0.15) is 9.40 Å². The summed E-state index contributed by atoms with van der Waals surface area (Å²) in [4.78, 5) is 2.23. The Hall–Kier alpha value is -1.62. The van der Waals surface area contributed by atoms with Crippen molar-refractivity contribution in [3.63, 3.8) is 0 Å². The SMILES string of the molecule is CCn1cnn(CN2CCN(S(=O)(=O)c3ccc(F)cc3)CC2)c1=S. The lowest BCUT2D eigenvalue weighted by atomic mass is 10.4. The topological polar surface area (TPSA) is 63.4 Å². The maximum atomic E-state index is 13.0. The first-order chi connectivity index (χ1) is 11.9. The van der Waals surface area contributed by atoms with E-state index in [1.54, 1.807) is 11.0 Å². The Morgan fingerprint density at radius 1 is 1.16 bits per heavy atom. The highest BCUT2D eigenvalue weighted by molar-refractivity contribution is 7.89. The molecule has 136 valence electrons. The van der Waals surface area contributed by atoms with Gasteiger partial charge in [-0.05, 0) is 43.4 Å². The molecule has 0 saturated carbocycles. The van der Waals surface area contributed by atoms with E-state index in [4.69, 9.17) is 12.2 Å². The van der Waals surface area contributed by atoms with Gasteiger partial charge in [0.05, 0.1) is 11.6 Å². The minimum atomic E-state index is -3.59. The Kier molecular flexibility index (Phi) is 5.32. The number of piperazine rings is 1. The molecular formula is C15H20FN5O2S2. The quantitative estimate of drug-likeness (QED) is 0.731. The van der Waals surface area contributed by atoms with E-state index in [1.807, 2.05) is 11.5 Å². The largest absolute Gasteiger partial charge is 0.307 e. The van der Waals surface area contributed by atoms with Crippen LogP contribution in [0.4, 0.5) is 4.39 Å². The fourth-order valence-corrected chi connectivity index (χ4v) is 4.45. The fraction of sp³-hybridized carbons (Fsp3) is 0.467. The highest BCUT2D eigenvalue weighted by atomic mass is 32.2. The number of hydrogen-bond acceptors (Lipinski definition) is 5. The summed E-state index contributed by atoms with van der Waals surface area (Å²) in [5, 5.41) is 4.27.